The highest BCUT2D eigenvalue weighted by Gasteiger charge is 2.46. The van der Waals surface area contributed by atoms with Crippen molar-refractivity contribution in [2.24, 2.45) is 0 Å². The van der Waals surface area contributed by atoms with E-state index >= 15 is 0 Å². The van der Waals surface area contributed by atoms with Crippen molar-refractivity contribution < 1.29 is 18.5 Å². The minimum atomic E-state index is -1.30. The summed E-state index contributed by atoms with van der Waals surface area (Å²) in [6.45, 7) is 7.38. The lowest BCUT2D eigenvalue weighted by atomic mass is 10.1. The van der Waals surface area contributed by atoms with Gasteiger partial charge in [0, 0.05) is 5.75 Å². The number of quaternary nitrogens is 1. The van der Waals surface area contributed by atoms with Crippen molar-refractivity contribution in [2.75, 3.05) is 26.0 Å². The maximum Gasteiger partial charge on any atom is 0.351 e. The van der Waals surface area contributed by atoms with Crippen LogP contribution in [0.5, 0.6) is 5.75 Å². The number of benzene rings is 1. The Morgan fingerprint density at radius 1 is 1.42 bits per heavy atom. The van der Waals surface area contributed by atoms with E-state index in [1.165, 1.54) is 5.56 Å². The molecule has 4 unspecified atom stereocenters. The fourth-order valence-corrected chi connectivity index (χ4v) is 5.43. The number of carbonyl (C=O) groups excluding carboxylic acids is 1. The van der Waals surface area contributed by atoms with Crippen molar-refractivity contribution in [1.82, 2.24) is 19.7 Å². The molecule has 0 N–H and O–H groups in total. The number of unbranched alkanes of at least 4 members (excludes halogenated alkanes) is 1. The van der Waals surface area contributed by atoms with Crippen LogP contribution >= 0.6 is 11.3 Å². The summed E-state index contributed by atoms with van der Waals surface area (Å²) in [5.41, 5.74) is 1.18. The molecule has 1 aromatic carbocycles. The molecule has 1 aliphatic rings. The molecule has 0 spiro atoms. The van der Waals surface area contributed by atoms with Crippen LogP contribution in [0, 0.1) is 5.21 Å². The minimum absolute atomic E-state index is 0.0495. The average Bonchev–Trinajstić information content (AvgIpc) is 3.40. The summed E-state index contributed by atoms with van der Waals surface area (Å²) in [6, 6.07) is 7.58. The highest BCUT2D eigenvalue weighted by Crippen LogP contribution is 2.35. The molecule has 2 aromatic rings. The third-order valence-electron chi connectivity index (χ3n) is 5.26. The van der Waals surface area contributed by atoms with Crippen molar-refractivity contribution >= 4 is 33.2 Å². The first kappa shape index (κ1) is 25.4. The van der Waals surface area contributed by atoms with Crippen LogP contribution < -0.4 is 9.38 Å². The zero-order valence-corrected chi connectivity index (χ0v) is 20.8. The van der Waals surface area contributed by atoms with Gasteiger partial charge in [0.1, 0.15) is 12.4 Å². The highest BCUT2D eigenvalue weighted by atomic mass is 32.2. The molecular formula is C22H30N4O5S2. The van der Waals surface area contributed by atoms with Crippen LogP contribution in [0.2, 0.25) is 0 Å². The third kappa shape index (κ3) is 6.24. The van der Waals surface area contributed by atoms with Crippen LogP contribution in [0.25, 0.3) is 0 Å². The Balaban J connectivity index is 1.63. The number of hydrogen-bond acceptors (Lipinski definition) is 9. The Morgan fingerprint density at radius 2 is 2.15 bits per heavy atom. The highest BCUT2D eigenvalue weighted by molar-refractivity contribution is 7.87. The molecule has 1 aromatic heterocycles. The molecule has 1 saturated heterocycles. The summed E-state index contributed by atoms with van der Waals surface area (Å²) in [5, 5.41) is 21.6. The van der Waals surface area contributed by atoms with Crippen LogP contribution in [-0.2, 0) is 26.8 Å². The lowest BCUT2D eigenvalue weighted by Crippen LogP contribution is -2.51. The molecule has 180 valence electrons. The Kier molecular flexibility index (Phi) is 8.71. The van der Waals surface area contributed by atoms with Gasteiger partial charge in [0.15, 0.2) is 6.10 Å². The van der Waals surface area contributed by atoms with Gasteiger partial charge in [-0.2, -0.15) is 0 Å². The van der Waals surface area contributed by atoms with Crippen LogP contribution in [0.1, 0.15) is 32.3 Å². The van der Waals surface area contributed by atoms with Crippen LogP contribution in [-0.4, -0.2) is 63.6 Å². The van der Waals surface area contributed by atoms with E-state index in [-0.39, 0.29) is 18.3 Å². The van der Waals surface area contributed by atoms with Crippen molar-refractivity contribution in [3.63, 3.8) is 0 Å². The molecule has 9 nitrogen and oxygen atoms in total. The number of esters is 1. The molecular weight excluding hydrogens is 464 g/mol. The Labute approximate surface area is 200 Å². The second kappa shape index (κ2) is 11.3. The fourth-order valence-electron chi connectivity index (χ4n) is 3.45. The minimum Gasteiger partial charge on any atom is -0.622 e. The van der Waals surface area contributed by atoms with E-state index < -0.39 is 33.7 Å². The van der Waals surface area contributed by atoms with Gasteiger partial charge in [-0.15, -0.1) is 11.7 Å². The standard InChI is InChI=1S/C22H30N4O5S2/c1-5-7-8-9-17-10-12-18(13-11-17)30-16(3)20(27)31-19-14-25(4)15-26(19,28)21-23-24-22(32-21)33(29)6-2/h5,10-13,16,19H,1,6-9,14-15H2,2-4H3. The summed E-state index contributed by atoms with van der Waals surface area (Å²) in [4.78, 5) is 14.5. The number of likely N-dealkylation sites (N-methyl/N-ethyl adjacent to an activating group) is 1. The Hall–Kier alpha value is -2.18. The lowest BCUT2D eigenvalue weighted by molar-refractivity contribution is -0.161. The van der Waals surface area contributed by atoms with Gasteiger partial charge in [0.25, 0.3) is 6.23 Å². The van der Waals surface area contributed by atoms with Gasteiger partial charge in [-0.3, -0.25) is 8.86 Å². The van der Waals surface area contributed by atoms with E-state index in [0.717, 1.165) is 30.6 Å². The molecule has 3 rings (SSSR count). The van der Waals surface area contributed by atoms with E-state index in [0.29, 0.717) is 15.8 Å². The van der Waals surface area contributed by atoms with E-state index in [9.17, 15) is 14.2 Å². The van der Waals surface area contributed by atoms with Crippen molar-refractivity contribution in [3.05, 3.63) is 47.7 Å². The van der Waals surface area contributed by atoms with E-state index in [1.54, 1.807) is 25.8 Å². The molecule has 4 atom stereocenters. The van der Waals surface area contributed by atoms with Gasteiger partial charge in [0.2, 0.25) is 4.34 Å². The molecule has 2 heterocycles. The molecule has 1 aliphatic heterocycles. The number of hydroxylamine groups is 2. The predicted octanol–water partition coefficient (Wildman–Crippen LogP) is 3.22. The number of aryl methyl sites for hydroxylation is 1. The third-order valence-corrected chi connectivity index (χ3v) is 7.89. The van der Waals surface area contributed by atoms with Gasteiger partial charge in [-0.1, -0.05) is 30.2 Å². The zero-order chi connectivity index (χ0) is 24.0. The number of ether oxygens (including phenoxy) is 2. The second-order valence-electron chi connectivity index (χ2n) is 7.94. The zero-order valence-electron chi connectivity index (χ0n) is 19.1. The lowest BCUT2D eigenvalue weighted by Gasteiger charge is -2.38. The number of carbonyl (C=O) groups is 1. The summed E-state index contributed by atoms with van der Waals surface area (Å²) in [5.74, 6) is 0.302. The number of nitrogens with zero attached hydrogens (tertiary/aromatic N) is 4. The van der Waals surface area contributed by atoms with Gasteiger partial charge < -0.3 is 14.7 Å². The molecule has 0 bridgehead atoms. The van der Waals surface area contributed by atoms with Gasteiger partial charge in [0.05, 0.1) is 17.3 Å². The molecule has 0 saturated carbocycles. The molecule has 1 fully saturated rings. The molecule has 11 heteroatoms. The SMILES string of the molecule is C=CCCCc1ccc(OC(C)C(=O)OC2CN(C)C[N+]2([O-])c2nnc(S(=O)CC)s2)cc1. The second-order valence-corrected chi connectivity index (χ2v) is 10.8. The van der Waals surface area contributed by atoms with Crippen LogP contribution in [0.4, 0.5) is 5.13 Å². The van der Waals surface area contributed by atoms with Crippen molar-refractivity contribution in [3.8, 4) is 5.75 Å². The molecule has 0 amide bonds. The largest absolute Gasteiger partial charge is 0.622 e. The Bertz CT molecular complexity index is 983. The van der Waals surface area contributed by atoms with Gasteiger partial charge in [-0.25, -0.2) is 9.69 Å². The topological polar surface area (TPSA) is 105 Å². The first-order valence-electron chi connectivity index (χ1n) is 10.8. The summed E-state index contributed by atoms with van der Waals surface area (Å²) >= 11 is 0.996. The van der Waals surface area contributed by atoms with Crippen molar-refractivity contribution in [2.45, 2.75) is 49.8 Å². The summed E-state index contributed by atoms with van der Waals surface area (Å²) < 4.78 is 22.6. The van der Waals surface area contributed by atoms with E-state index in [2.05, 4.69) is 16.8 Å². The smallest absolute Gasteiger partial charge is 0.351 e. The normalized spacial score (nSPS) is 22.6. The fraction of sp³-hybridized carbons (Fsp3) is 0.500. The van der Waals surface area contributed by atoms with Gasteiger partial charge >= 0.3 is 11.1 Å². The quantitative estimate of drug-likeness (QED) is 0.154. The molecule has 0 aliphatic carbocycles. The van der Waals surface area contributed by atoms with E-state index in [4.69, 9.17) is 9.47 Å². The van der Waals surface area contributed by atoms with Crippen LogP contribution in [0.3, 0.4) is 0 Å². The predicted molar refractivity (Wildman–Crippen MR) is 129 cm³/mol. The number of allylic oxidation sites excluding steroid dienone is 1. The molecule has 33 heavy (non-hydrogen) atoms. The van der Waals surface area contributed by atoms with Crippen molar-refractivity contribution in [1.29, 1.82) is 0 Å². The maximum absolute atomic E-state index is 13.6. The first-order chi connectivity index (χ1) is 15.8. The number of aromatic nitrogens is 2. The van der Waals surface area contributed by atoms with Crippen LogP contribution in [0.15, 0.2) is 41.3 Å². The molecule has 0 radical (unpaired) electrons. The first-order valence-corrected chi connectivity index (χ1v) is 13.0. The summed E-state index contributed by atoms with van der Waals surface area (Å²) in [6.07, 6.45) is 2.93. The maximum atomic E-state index is 13.6. The number of hydrogen-bond donors (Lipinski definition) is 0. The Morgan fingerprint density at radius 3 is 2.82 bits per heavy atom. The average molecular weight is 495 g/mol. The summed E-state index contributed by atoms with van der Waals surface area (Å²) in [7, 11) is 0.462. The van der Waals surface area contributed by atoms with E-state index in [1.807, 2.05) is 30.3 Å². The monoisotopic (exact) mass is 494 g/mol. The van der Waals surface area contributed by atoms with Gasteiger partial charge in [-0.05, 0) is 62.3 Å². The number of rotatable bonds is 11.